The van der Waals surface area contributed by atoms with Crippen molar-refractivity contribution < 1.29 is 24.5 Å². The number of fused-ring (bicyclic) bond motifs is 3. The van der Waals surface area contributed by atoms with Crippen molar-refractivity contribution in [3.63, 3.8) is 0 Å². The van der Waals surface area contributed by atoms with Gasteiger partial charge in [-0.25, -0.2) is 0 Å². The minimum Gasteiger partial charge on any atom is -0.476 e. The SMILES string of the molecule is Cc1ccc(-c2[c-]cc3c(c2)oc2ccccc23)nc1.[Ir+3].[c-]1ccccc1-c1ccccn1.[c-]1ccccc1-c1ccccn1. The summed E-state index contributed by atoms with van der Waals surface area (Å²) >= 11 is 0. The Labute approximate surface area is 276 Å². The molecule has 4 heterocycles. The molecule has 8 aromatic rings. The van der Waals surface area contributed by atoms with E-state index in [4.69, 9.17) is 4.42 Å². The van der Waals surface area contributed by atoms with E-state index in [1.54, 1.807) is 12.4 Å². The largest absolute Gasteiger partial charge is 3.00 e. The number of benzene rings is 4. The van der Waals surface area contributed by atoms with Gasteiger partial charge in [0, 0.05) is 18.6 Å². The summed E-state index contributed by atoms with van der Waals surface area (Å²) in [6, 6.07) is 53.0. The average Bonchev–Trinajstić information content (AvgIpc) is 3.49. The Kier molecular flexibility index (Phi) is 10.7. The molecule has 0 saturated heterocycles. The molecule has 4 aromatic heterocycles. The predicted molar refractivity (Wildman–Crippen MR) is 178 cm³/mol. The Balaban J connectivity index is 0.000000139. The van der Waals surface area contributed by atoms with E-state index < -0.39 is 0 Å². The number of furan rings is 1. The maximum atomic E-state index is 5.89. The number of aromatic nitrogens is 3. The van der Waals surface area contributed by atoms with Crippen molar-refractivity contribution in [3.05, 3.63) is 176 Å². The van der Waals surface area contributed by atoms with Crippen molar-refractivity contribution in [2.75, 3.05) is 0 Å². The van der Waals surface area contributed by atoms with Crippen LogP contribution in [0.1, 0.15) is 5.56 Å². The Hall–Kier alpha value is -5.22. The normalized spacial score (nSPS) is 10.2. The minimum absolute atomic E-state index is 0. The first kappa shape index (κ1) is 31.2. The monoisotopic (exact) mass is 759 g/mol. The molecule has 0 fully saturated rings. The second-order valence-corrected chi connectivity index (χ2v) is 9.93. The van der Waals surface area contributed by atoms with Crippen molar-refractivity contribution in [3.8, 4) is 33.8 Å². The summed E-state index contributed by atoms with van der Waals surface area (Å²) in [7, 11) is 0. The third-order valence-corrected chi connectivity index (χ3v) is 6.80. The second kappa shape index (κ2) is 15.5. The van der Waals surface area contributed by atoms with Crippen LogP contribution >= 0.6 is 0 Å². The third kappa shape index (κ3) is 8.04. The first-order valence-corrected chi connectivity index (χ1v) is 14.3. The summed E-state index contributed by atoms with van der Waals surface area (Å²) in [5.74, 6) is 0. The van der Waals surface area contributed by atoms with E-state index >= 15 is 0 Å². The van der Waals surface area contributed by atoms with E-state index in [2.05, 4.69) is 45.3 Å². The van der Waals surface area contributed by atoms with Gasteiger partial charge in [0.1, 0.15) is 5.58 Å². The van der Waals surface area contributed by atoms with Gasteiger partial charge in [-0.1, -0.05) is 66.0 Å². The zero-order valence-corrected chi connectivity index (χ0v) is 26.9. The van der Waals surface area contributed by atoms with Crippen LogP contribution in [0.4, 0.5) is 0 Å². The van der Waals surface area contributed by atoms with E-state index in [1.807, 2.05) is 134 Å². The number of nitrogens with zero attached hydrogens (tertiary/aromatic N) is 3. The van der Waals surface area contributed by atoms with Crippen molar-refractivity contribution in [1.29, 1.82) is 0 Å². The Bertz CT molecular complexity index is 1900. The van der Waals surface area contributed by atoms with Crippen LogP contribution in [0.15, 0.2) is 156 Å². The van der Waals surface area contributed by atoms with Gasteiger partial charge in [0.25, 0.3) is 0 Å². The molecule has 0 bridgehead atoms. The average molecular weight is 759 g/mol. The van der Waals surface area contributed by atoms with Crippen molar-refractivity contribution in [2.24, 2.45) is 0 Å². The Morgan fingerprint density at radius 2 is 1.11 bits per heavy atom. The summed E-state index contributed by atoms with van der Waals surface area (Å²) < 4.78 is 5.89. The number of aryl methyl sites for hydroxylation is 1. The van der Waals surface area contributed by atoms with E-state index in [9.17, 15) is 0 Å². The molecule has 0 aliphatic rings. The zero-order chi connectivity index (χ0) is 30.0. The molecular weight excluding hydrogens is 731 g/mol. The molecule has 0 spiro atoms. The summed E-state index contributed by atoms with van der Waals surface area (Å²) in [4.78, 5) is 12.9. The van der Waals surface area contributed by atoms with Crippen molar-refractivity contribution in [1.82, 2.24) is 15.0 Å². The fourth-order valence-corrected chi connectivity index (χ4v) is 4.59. The second-order valence-electron chi connectivity index (χ2n) is 9.93. The van der Waals surface area contributed by atoms with Crippen LogP contribution < -0.4 is 0 Å². The van der Waals surface area contributed by atoms with Gasteiger partial charge in [-0.2, -0.15) is 0 Å². The molecule has 5 heteroatoms. The summed E-state index contributed by atoms with van der Waals surface area (Å²) in [5.41, 5.74) is 8.83. The minimum atomic E-state index is 0. The number of hydrogen-bond acceptors (Lipinski definition) is 4. The van der Waals surface area contributed by atoms with Gasteiger partial charge in [-0.05, 0) is 53.2 Å². The van der Waals surface area contributed by atoms with Crippen LogP contribution in [0.25, 0.3) is 55.7 Å². The van der Waals surface area contributed by atoms with Crippen molar-refractivity contribution in [2.45, 2.75) is 6.92 Å². The van der Waals surface area contributed by atoms with Crippen LogP contribution in [0.3, 0.4) is 0 Å². The van der Waals surface area contributed by atoms with Gasteiger partial charge < -0.3 is 19.4 Å². The fraction of sp³-hybridized carbons (Fsp3) is 0.0250. The van der Waals surface area contributed by atoms with Crippen LogP contribution in [0.5, 0.6) is 0 Å². The molecule has 0 unspecified atom stereocenters. The van der Waals surface area contributed by atoms with Crippen LogP contribution in [0, 0.1) is 25.1 Å². The molecule has 0 radical (unpaired) electrons. The van der Waals surface area contributed by atoms with E-state index in [0.717, 1.165) is 61.3 Å². The first-order valence-electron chi connectivity index (χ1n) is 14.3. The van der Waals surface area contributed by atoms with Gasteiger partial charge in [0.15, 0.2) is 0 Å². The molecule has 4 nitrogen and oxygen atoms in total. The van der Waals surface area contributed by atoms with Gasteiger partial charge in [0.05, 0.1) is 5.58 Å². The number of pyridine rings is 3. The molecule has 0 amide bonds. The van der Waals surface area contributed by atoms with E-state index in [-0.39, 0.29) is 20.1 Å². The van der Waals surface area contributed by atoms with Crippen LogP contribution in [-0.2, 0) is 20.1 Å². The smallest absolute Gasteiger partial charge is 0.476 e. The number of rotatable bonds is 3. The molecule has 218 valence electrons. The molecule has 4 aromatic carbocycles. The predicted octanol–water partition coefficient (Wildman–Crippen LogP) is 9.85. The topological polar surface area (TPSA) is 51.8 Å². The van der Waals surface area contributed by atoms with Gasteiger partial charge in [0.2, 0.25) is 0 Å². The quantitative estimate of drug-likeness (QED) is 0.169. The molecule has 0 aliphatic carbocycles. The zero-order valence-electron chi connectivity index (χ0n) is 24.5. The van der Waals surface area contributed by atoms with Crippen LogP contribution in [-0.4, -0.2) is 15.0 Å². The fourth-order valence-electron chi connectivity index (χ4n) is 4.59. The number of para-hydroxylation sites is 1. The molecule has 0 N–H and O–H groups in total. The summed E-state index contributed by atoms with van der Waals surface area (Å²) in [6.45, 7) is 2.03. The van der Waals surface area contributed by atoms with Crippen LogP contribution in [0.2, 0.25) is 0 Å². The summed E-state index contributed by atoms with van der Waals surface area (Å²) in [6.07, 6.45) is 5.44. The summed E-state index contributed by atoms with van der Waals surface area (Å²) in [5, 5.41) is 2.22. The maximum Gasteiger partial charge on any atom is 3.00 e. The van der Waals surface area contributed by atoms with Gasteiger partial charge in [-0.3, -0.25) is 0 Å². The molecule has 0 atom stereocenters. The van der Waals surface area contributed by atoms with E-state index in [0.29, 0.717) is 0 Å². The third-order valence-electron chi connectivity index (χ3n) is 6.80. The Morgan fingerprint density at radius 1 is 0.511 bits per heavy atom. The molecule has 8 rings (SSSR count). The first-order chi connectivity index (χ1) is 21.7. The molecule has 45 heavy (non-hydrogen) atoms. The van der Waals surface area contributed by atoms with E-state index in [1.165, 1.54) is 0 Å². The molecule has 0 aliphatic heterocycles. The maximum absolute atomic E-state index is 5.89. The molecular formula is C40H28IrN3O. The van der Waals surface area contributed by atoms with Crippen molar-refractivity contribution >= 4 is 21.9 Å². The Morgan fingerprint density at radius 3 is 1.67 bits per heavy atom. The van der Waals surface area contributed by atoms with Gasteiger partial charge in [-0.15, -0.1) is 89.5 Å². The van der Waals surface area contributed by atoms with Gasteiger partial charge >= 0.3 is 20.1 Å². The molecule has 0 saturated carbocycles. The number of hydrogen-bond donors (Lipinski definition) is 0. The standard InChI is InChI=1S/C18H12NO.2C11H8N.Ir/c1-12-6-9-16(19-11-12)13-7-8-15-14-4-2-3-5-17(14)20-18(15)10-13;2*1-2-6-10(7-3-1)11-8-4-5-9-12-11;/h2-6,8-11H,1H3;2*1-6,8-9H;/q3*-1;+3.